The largest absolute Gasteiger partial charge is 0.486 e. The summed E-state index contributed by atoms with van der Waals surface area (Å²) in [7, 11) is 0. The molecule has 0 saturated carbocycles. The number of nitrogens with two attached hydrogens (primary N) is 1. The van der Waals surface area contributed by atoms with Crippen LogP contribution in [0.3, 0.4) is 0 Å². The van der Waals surface area contributed by atoms with Gasteiger partial charge in [-0.05, 0) is 31.0 Å². The Labute approximate surface area is 174 Å². The summed E-state index contributed by atoms with van der Waals surface area (Å²) in [5.41, 5.74) is 8.11. The van der Waals surface area contributed by atoms with E-state index in [4.69, 9.17) is 15.2 Å². The smallest absolute Gasteiger partial charge is 0.347 e. The molecule has 1 atom stereocenters. The summed E-state index contributed by atoms with van der Waals surface area (Å²) in [5, 5.41) is 3.17. The fraction of sp³-hybridized carbons (Fsp3) is 0.208. The third kappa shape index (κ3) is 3.86. The van der Waals surface area contributed by atoms with Gasteiger partial charge in [-0.3, -0.25) is 0 Å². The van der Waals surface area contributed by atoms with Gasteiger partial charge in [0.25, 0.3) is 0 Å². The lowest BCUT2D eigenvalue weighted by Crippen LogP contribution is -2.27. The zero-order valence-corrected chi connectivity index (χ0v) is 16.7. The highest BCUT2D eigenvalue weighted by atomic mass is 19.1. The van der Waals surface area contributed by atoms with Crippen LogP contribution in [0.5, 0.6) is 11.5 Å². The zero-order valence-electron chi connectivity index (χ0n) is 16.7. The molecule has 0 radical (unpaired) electrons. The van der Waals surface area contributed by atoms with Crippen LogP contribution in [0.15, 0.2) is 60.7 Å². The second-order valence-electron chi connectivity index (χ2n) is 7.23. The number of para-hydroxylation sites is 1. The number of esters is 1. The number of hydrogen-bond donors (Lipinski definition) is 2. The van der Waals surface area contributed by atoms with Crippen LogP contribution in [0, 0.1) is 12.7 Å². The molecule has 30 heavy (non-hydrogen) atoms. The van der Waals surface area contributed by atoms with Crippen molar-refractivity contribution < 1.29 is 18.7 Å². The van der Waals surface area contributed by atoms with Crippen molar-refractivity contribution in [2.75, 3.05) is 11.9 Å². The number of carbonyl (C=O) groups excluding carboxylic acids is 1. The summed E-state index contributed by atoms with van der Waals surface area (Å²) in [4.78, 5) is 13.1. The Bertz CT molecular complexity index is 1060. The number of anilines is 1. The van der Waals surface area contributed by atoms with Crippen molar-refractivity contribution in [1.29, 1.82) is 0 Å². The number of fused-ring (bicyclic) bond motifs is 1. The molecule has 4 rings (SSSR count). The number of benzene rings is 3. The molecular weight excluding hydrogens is 383 g/mol. The van der Waals surface area contributed by atoms with E-state index >= 15 is 4.39 Å². The van der Waals surface area contributed by atoms with E-state index in [1.54, 1.807) is 31.2 Å². The molecule has 0 saturated heterocycles. The van der Waals surface area contributed by atoms with Crippen molar-refractivity contribution in [3.8, 4) is 11.5 Å². The molecule has 1 aliphatic heterocycles. The van der Waals surface area contributed by atoms with E-state index in [0.717, 1.165) is 5.56 Å². The van der Waals surface area contributed by atoms with Crippen LogP contribution in [0.2, 0.25) is 0 Å². The molecule has 5 nitrogen and oxygen atoms in total. The Morgan fingerprint density at radius 3 is 2.50 bits per heavy atom. The molecule has 3 aromatic carbocycles. The second-order valence-corrected chi connectivity index (χ2v) is 7.23. The van der Waals surface area contributed by atoms with E-state index in [-0.39, 0.29) is 23.5 Å². The predicted octanol–water partition coefficient (Wildman–Crippen LogP) is 4.75. The summed E-state index contributed by atoms with van der Waals surface area (Å²) < 4.78 is 26.8. The normalized spacial score (nSPS) is 15.1. The molecule has 154 valence electrons. The van der Waals surface area contributed by atoms with Gasteiger partial charge < -0.3 is 20.5 Å². The first kappa shape index (κ1) is 19.9. The number of carbonyl (C=O) groups is 1. The van der Waals surface area contributed by atoms with E-state index < -0.39 is 17.8 Å². The first-order chi connectivity index (χ1) is 14.6. The van der Waals surface area contributed by atoms with Gasteiger partial charge in [0.1, 0.15) is 23.7 Å². The first-order valence-electron chi connectivity index (χ1n) is 9.85. The maximum Gasteiger partial charge on any atom is 0.347 e. The van der Waals surface area contributed by atoms with Crippen LogP contribution in [-0.4, -0.2) is 12.5 Å². The van der Waals surface area contributed by atoms with E-state index in [9.17, 15) is 4.79 Å². The molecular formula is C24H23FN2O3. The molecule has 3 aromatic rings. The summed E-state index contributed by atoms with van der Waals surface area (Å²) in [6.45, 7) is 2.33. The standard InChI is InChI=1S/C24H23FN2O3/c1-15-19(24(28)30-17-10-6-3-7-11-17)23(29-14-16-8-4-2-5-9-16)22-20(21(15)25)18(26)12-13-27-22/h2-11,18,27H,12-14,26H2,1H3. The highest BCUT2D eigenvalue weighted by Gasteiger charge is 2.32. The Kier molecular flexibility index (Phi) is 5.68. The van der Waals surface area contributed by atoms with Crippen LogP contribution >= 0.6 is 0 Å². The summed E-state index contributed by atoms with van der Waals surface area (Å²) in [6, 6.07) is 17.8. The van der Waals surface area contributed by atoms with Crippen LogP contribution in [0.25, 0.3) is 0 Å². The molecule has 0 spiro atoms. The van der Waals surface area contributed by atoms with Crippen LogP contribution < -0.4 is 20.5 Å². The van der Waals surface area contributed by atoms with Crippen molar-refractivity contribution in [2.45, 2.75) is 26.0 Å². The van der Waals surface area contributed by atoms with E-state index in [1.165, 1.54) is 0 Å². The lowest BCUT2D eigenvalue weighted by atomic mass is 9.92. The molecule has 1 aliphatic rings. The minimum atomic E-state index is -0.676. The number of hydrogen-bond acceptors (Lipinski definition) is 5. The molecule has 0 aromatic heterocycles. The highest BCUT2D eigenvalue weighted by molar-refractivity contribution is 5.98. The molecule has 0 bridgehead atoms. The summed E-state index contributed by atoms with van der Waals surface area (Å²) >= 11 is 0. The topological polar surface area (TPSA) is 73.6 Å². The predicted molar refractivity (Wildman–Crippen MR) is 113 cm³/mol. The van der Waals surface area contributed by atoms with E-state index in [1.807, 2.05) is 36.4 Å². The Morgan fingerprint density at radius 2 is 1.80 bits per heavy atom. The summed E-state index contributed by atoms with van der Waals surface area (Å²) in [5.74, 6) is -0.538. The van der Waals surface area contributed by atoms with Gasteiger partial charge in [-0.25, -0.2) is 9.18 Å². The van der Waals surface area contributed by atoms with Gasteiger partial charge in [0.05, 0.1) is 5.69 Å². The SMILES string of the molecule is Cc1c(F)c2c(c(OCc3ccccc3)c1C(=O)Oc1ccccc1)NCCC2N. The van der Waals surface area contributed by atoms with Gasteiger partial charge in [-0.1, -0.05) is 48.5 Å². The minimum absolute atomic E-state index is 0.0626. The molecule has 0 amide bonds. The van der Waals surface area contributed by atoms with E-state index in [2.05, 4.69) is 5.32 Å². The quantitative estimate of drug-likeness (QED) is 0.473. The van der Waals surface area contributed by atoms with Crippen LogP contribution in [-0.2, 0) is 6.61 Å². The van der Waals surface area contributed by atoms with Gasteiger partial charge in [0, 0.05) is 23.7 Å². The van der Waals surface area contributed by atoms with Crippen molar-refractivity contribution >= 4 is 11.7 Å². The molecule has 0 fully saturated rings. The monoisotopic (exact) mass is 406 g/mol. The number of nitrogens with one attached hydrogen (secondary N) is 1. The van der Waals surface area contributed by atoms with Gasteiger partial charge >= 0.3 is 5.97 Å². The van der Waals surface area contributed by atoms with E-state index in [0.29, 0.717) is 30.0 Å². The Balaban J connectivity index is 1.78. The minimum Gasteiger partial charge on any atom is -0.486 e. The fourth-order valence-electron chi connectivity index (χ4n) is 3.63. The third-order valence-electron chi connectivity index (χ3n) is 5.18. The average molecular weight is 406 g/mol. The van der Waals surface area contributed by atoms with Crippen molar-refractivity contribution in [2.24, 2.45) is 5.73 Å². The van der Waals surface area contributed by atoms with Gasteiger partial charge in [-0.2, -0.15) is 0 Å². The van der Waals surface area contributed by atoms with Crippen molar-refractivity contribution in [3.63, 3.8) is 0 Å². The highest BCUT2D eigenvalue weighted by Crippen LogP contribution is 2.43. The van der Waals surface area contributed by atoms with Crippen molar-refractivity contribution in [3.05, 3.63) is 88.7 Å². The fourth-order valence-corrected chi connectivity index (χ4v) is 3.63. The lowest BCUT2D eigenvalue weighted by Gasteiger charge is -2.29. The molecule has 3 N–H and O–H groups in total. The summed E-state index contributed by atoms with van der Waals surface area (Å²) in [6.07, 6.45) is 0.593. The maximum atomic E-state index is 15.3. The maximum absolute atomic E-state index is 15.3. The number of ether oxygens (including phenoxy) is 2. The molecule has 1 unspecified atom stereocenters. The lowest BCUT2D eigenvalue weighted by molar-refractivity contribution is 0.0728. The van der Waals surface area contributed by atoms with Crippen LogP contribution in [0.4, 0.5) is 10.1 Å². The molecule has 1 heterocycles. The third-order valence-corrected chi connectivity index (χ3v) is 5.18. The number of rotatable bonds is 5. The zero-order chi connectivity index (χ0) is 21.1. The average Bonchev–Trinajstić information content (AvgIpc) is 2.76. The van der Waals surface area contributed by atoms with Crippen molar-refractivity contribution in [1.82, 2.24) is 0 Å². The second kappa shape index (κ2) is 8.55. The Morgan fingerprint density at radius 1 is 1.13 bits per heavy atom. The first-order valence-corrected chi connectivity index (χ1v) is 9.85. The van der Waals surface area contributed by atoms with Crippen LogP contribution in [0.1, 0.15) is 39.5 Å². The number of halogens is 1. The molecule has 6 heteroatoms. The Hall–Kier alpha value is -3.38. The van der Waals surface area contributed by atoms with Gasteiger partial charge in [0.2, 0.25) is 0 Å². The van der Waals surface area contributed by atoms with Gasteiger partial charge in [0.15, 0.2) is 5.75 Å². The molecule has 0 aliphatic carbocycles. The van der Waals surface area contributed by atoms with Gasteiger partial charge in [-0.15, -0.1) is 0 Å².